The highest BCUT2D eigenvalue weighted by Crippen LogP contribution is 2.37. The summed E-state index contributed by atoms with van der Waals surface area (Å²) in [5.74, 6) is 1.23. The maximum atomic E-state index is 11.0. The zero-order valence-electron chi connectivity index (χ0n) is 9.48. The number of hydrogen-bond acceptors (Lipinski definition) is 3. The van der Waals surface area contributed by atoms with Crippen molar-refractivity contribution in [3.05, 3.63) is 23.9 Å². The lowest BCUT2D eigenvalue weighted by Crippen LogP contribution is -1.92. The van der Waals surface area contributed by atoms with E-state index in [1.807, 2.05) is 23.7 Å². The van der Waals surface area contributed by atoms with E-state index < -0.39 is 0 Å². The Morgan fingerprint density at radius 2 is 2.00 bits per heavy atom. The van der Waals surface area contributed by atoms with Crippen LogP contribution in [0.15, 0.2) is 18.3 Å². The molecule has 0 fully saturated rings. The van der Waals surface area contributed by atoms with E-state index in [1.54, 1.807) is 20.4 Å². The number of benzene rings is 1. The van der Waals surface area contributed by atoms with E-state index in [1.165, 1.54) is 0 Å². The molecule has 0 atom stereocenters. The average Bonchev–Trinajstić information content (AvgIpc) is 2.65. The molecule has 0 saturated heterocycles. The van der Waals surface area contributed by atoms with Crippen LogP contribution in [-0.2, 0) is 7.05 Å². The molecule has 4 heteroatoms. The normalized spacial score (nSPS) is 10.4. The second-order valence-electron chi connectivity index (χ2n) is 3.51. The molecule has 2 aromatic rings. The molecule has 0 amide bonds. The standard InChI is InChI=1S/C12H13NO3/c1-13-6-8(7-14)11-9(13)4-5-10(15-2)12(11)16-3/h4-7H,1-3H3. The van der Waals surface area contributed by atoms with Gasteiger partial charge in [-0.05, 0) is 12.1 Å². The molecular weight excluding hydrogens is 206 g/mol. The van der Waals surface area contributed by atoms with E-state index in [9.17, 15) is 4.79 Å². The number of aromatic nitrogens is 1. The molecule has 0 aliphatic carbocycles. The van der Waals surface area contributed by atoms with Crippen molar-refractivity contribution in [2.75, 3.05) is 14.2 Å². The summed E-state index contributed by atoms with van der Waals surface area (Å²) in [5, 5.41) is 0.791. The van der Waals surface area contributed by atoms with Crippen molar-refractivity contribution in [3.8, 4) is 11.5 Å². The van der Waals surface area contributed by atoms with Gasteiger partial charge in [-0.1, -0.05) is 0 Å². The van der Waals surface area contributed by atoms with E-state index in [4.69, 9.17) is 9.47 Å². The fourth-order valence-electron chi connectivity index (χ4n) is 1.92. The first-order valence-corrected chi connectivity index (χ1v) is 4.88. The molecule has 1 aromatic heterocycles. The van der Waals surface area contributed by atoms with Crippen LogP contribution in [-0.4, -0.2) is 25.1 Å². The summed E-state index contributed by atoms with van der Waals surface area (Å²) in [4.78, 5) is 11.0. The highest BCUT2D eigenvalue weighted by Gasteiger charge is 2.15. The largest absolute Gasteiger partial charge is 0.493 e. The van der Waals surface area contributed by atoms with Crippen molar-refractivity contribution < 1.29 is 14.3 Å². The van der Waals surface area contributed by atoms with Crippen LogP contribution < -0.4 is 9.47 Å². The maximum Gasteiger partial charge on any atom is 0.170 e. The number of aryl methyl sites for hydroxylation is 1. The van der Waals surface area contributed by atoms with Gasteiger partial charge in [0.1, 0.15) is 0 Å². The van der Waals surface area contributed by atoms with Crippen molar-refractivity contribution in [1.82, 2.24) is 4.57 Å². The molecule has 0 saturated carbocycles. The van der Waals surface area contributed by atoms with Gasteiger partial charge in [-0.3, -0.25) is 4.79 Å². The molecule has 0 aliphatic rings. The zero-order valence-corrected chi connectivity index (χ0v) is 9.48. The second-order valence-corrected chi connectivity index (χ2v) is 3.51. The molecule has 1 aromatic carbocycles. The number of carbonyl (C=O) groups excluding carboxylic acids is 1. The Morgan fingerprint density at radius 1 is 1.25 bits per heavy atom. The fourth-order valence-corrected chi connectivity index (χ4v) is 1.92. The van der Waals surface area contributed by atoms with Gasteiger partial charge in [0.05, 0.1) is 25.1 Å². The number of carbonyl (C=O) groups is 1. The van der Waals surface area contributed by atoms with Crippen molar-refractivity contribution in [1.29, 1.82) is 0 Å². The van der Waals surface area contributed by atoms with Crippen molar-refractivity contribution in [3.63, 3.8) is 0 Å². The number of hydrogen-bond donors (Lipinski definition) is 0. The molecule has 0 aliphatic heterocycles. The van der Waals surface area contributed by atoms with Gasteiger partial charge in [0.15, 0.2) is 17.8 Å². The summed E-state index contributed by atoms with van der Waals surface area (Å²) in [6.45, 7) is 0. The van der Waals surface area contributed by atoms with Gasteiger partial charge in [-0.2, -0.15) is 0 Å². The summed E-state index contributed by atoms with van der Waals surface area (Å²) in [5.41, 5.74) is 1.55. The molecule has 0 N–H and O–H groups in total. The molecule has 0 radical (unpaired) electrons. The van der Waals surface area contributed by atoms with E-state index in [2.05, 4.69) is 0 Å². The molecule has 4 nitrogen and oxygen atoms in total. The predicted octanol–water partition coefficient (Wildman–Crippen LogP) is 2.01. The van der Waals surface area contributed by atoms with Crippen LogP contribution in [0, 0.1) is 0 Å². The minimum Gasteiger partial charge on any atom is -0.493 e. The summed E-state index contributed by atoms with van der Waals surface area (Å²) < 4.78 is 12.4. The summed E-state index contributed by atoms with van der Waals surface area (Å²) in [6, 6.07) is 3.74. The third kappa shape index (κ3) is 1.34. The first-order chi connectivity index (χ1) is 7.72. The third-order valence-corrected chi connectivity index (χ3v) is 2.65. The molecule has 2 rings (SSSR count). The molecule has 0 bridgehead atoms. The number of ether oxygens (including phenoxy) is 2. The molecule has 1 heterocycles. The van der Waals surface area contributed by atoms with Gasteiger partial charge >= 0.3 is 0 Å². The van der Waals surface area contributed by atoms with Gasteiger partial charge in [0, 0.05) is 18.8 Å². The number of rotatable bonds is 3. The topological polar surface area (TPSA) is 40.5 Å². The van der Waals surface area contributed by atoms with E-state index in [-0.39, 0.29) is 0 Å². The minimum atomic E-state index is 0.600. The van der Waals surface area contributed by atoms with Gasteiger partial charge < -0.3 is 14.0 Å². The van der Waals surface area contributed by atoms with Crippen LogP contribution in [0.4, 0.5) is 0 Å². The minimum absolute atomic E-state index is 0.600. The Morgan fingerprint density at radius 3 is 2.56 bits per heavy atom. The maximum absolute atomic E-state index is 11.0. The summed E-state index contributed by atoms with van der Waals surface area (Å²) >= 11 is 0. The molecule has 0 unspecified atom stereocenters. The molecule has 16 heavy (non-hydrogen) atoms. The Hall–Kier alpha value is -1.97. The van der Waals surface area contributed by atoms with Gasteiger partial charge in [0.2, 0.25) is 0 Å². The Kier molecular flexibility index (Phi) is 2.56. The quantitative estimate of drug-likeness (QED) is 0.741. The van der Waals surface area contributed by atoms with Crippen LogP contribution >= 0.6 is 0 Å². The van der Waals surface area contributed by atoms with Crippen molar-refractivity contribution in [2.45, 2.75) is 0 Å². The highest BCUT2D eigenvalue weighted by molar-refractivity contribution is 6.02. The monoisotopic (exact) mass is 219 g/mol. The van der Waals surface area contributed by atoms with Gasteiger partial charge in [0.25, 0.3) is 0 Å². The number of methoxy groups -OCH3 is 2. The first kappa shape index (κ1) is 10.5. The number of fused-ring (bicyclic) bond motifs is 1. The van der Waals surface area contributed by atoms with E-state index in [0.29, 0.717) is 17.1 Å². The first-order valence-electron chi connectivity index (χ1n) is 4.88. The second kappa shape index (κ2) is 3.89. The SMILES string of the molecule is COc1ccc2c(c(C=O)cn2C)c1OC. The Labute approximate surface area is 93.4 Å². The smallest absolute Gasteiger partial charge is 0.170 e. The van der Waals surface area contributed by atoms with Crippen LogP contribution in [0.1, 0.15) is 10.4 Å². The van der Waals surface area contributed by atoms with Crippen LogP contribution in [0.3, 0.4) is 0 Å². The van der Waals surface area contributed by atoms with E-state index >= 15 is 0 Å². The summed E-state index contributed by atoms with van der Waals surface area (Å²) in [6.07, 6.45) is 2.60. The van der Waals surface area contributed by atoms with Crippen LogP contribution in [0.5, 0.6) is 11.5 Å². The molecular formula is C12H13NO3. The number of nitrogens with zero attached hydrogens (tertiary/aromatic N) is 1. The Balaban J connectivity index is 2.89. The van der Waals surface area contributed by atoms with Crippen molar-refractivity contribution in [2.24, 2.45) is 7.05 Å². The lowest BCUT2D eigenvalue weighted by molar-refractivity contribution is 0.112. The van der Waals surface area contributed by atoms with Gasteiger partial charge in [-0.15, -0.1) is 0 Å². The van der Waals surface area contributed by atoms with E-state index in [0.717, 1.165) is 17.2 Å². The summed E-state index contributed by atoms with van der Waals surface area (Å²) in [7, 11) is 5.04. The van der Waals surface area contributed by atoms with Crippen molar-refractivity contribution >= 4 is 17.2 Å². The third-order valence-electron chi connectivity index (χ3n) is 2.65. The Bertz CT molecular complexity index is 543. The molecule has 84 valence electrons. The predicted molar refractivity (Wildman–Crippen MR) is 61.4 cm³/mol. The number of aldehydes is 1. The average molecular weight is 219 g/mol. The lowest BCUT2D eigenvalue weighted by atomic mass is 10.1. The van der Waals surface area contributed by atoms with Crippen LogP contribution in [0.25, 0.3) is 10.9 Å². The zero-order chi connectivity index (χ0) is 11.7. The highest BCUT2D eigenvalue weighted by atomic mass is 16.5. The fraction of sp³-hybridized carbons (Fsp3) is 0.250. The van der Waals surface area contributed by atoms with Gasteiger partial charge in [-0.25, -0.2) is 0 Å². The lowest BCUT2D eigenvalue weighted by Gasteiger charge is -2.09. The molecule has 0 spiro atoms. The van der Waals surface area contributed by atoms with Crippen LogP contribution in [0.2, 0.25) is 0 Å².